The molecule has 1 atom stereocenters. The second kappa shape index (κ2) is 7.12. The van der Waals surface area contributed by atoms with Crippen LogP contribution in [-0.2, 0) is 0 Å². The Morgan fingerprint density at radius 3 is 2.40 bits per heavy atom. The van der Waals surface area contributed by atoms with Crippen LogP contribution >= 0.6 is 12.4 Å². The van der Waals surface area contributed by atoms with Gasteiger partial charge in [0.05, 0.1) is 0 Å². The molecule has 0 unspecified atom stereocenters. The van der Waals surface area contributed by atoms with E-state index in [0.29, 0.717) is 12.3 Å². The van der Waals surface area contributed by atoms with Gasteiger partial charge >= 0.3 is 5.97 Å². The van der Waals surface area contributed by atoms with Crippen LogP contribution in [0.1, 0.15) is 23.7 Å². The molecule has 20 heavy (non-hydrogen) atoms. The molecule has 0 heterocycles. The molecule has 2 aromatic rings. The highest BCUT2D eigenvalue weighted by Crippen LogP contribution is 2.27. The van der Waals surface area contributed by atoms with E-state index in [0.717, 1.165) is 17.2 Å². The monoisotopic (exact) mass is 295 g/mol. The zero-order valence-corrected chi connectivity index (χ0v) is 12.0. The van der Waals surface area contributed by atoms with Crippen LogP contribution in [0.5, 0.6) is 5.75 Å². The Balaban J connectivity index is 0.00000200. The first-order valence-electron chi connectivity index (χ1n) is 6.28. The fourth-order valence-electron chi connectivity index (χ4n) is 1.96. The van der Waals surface area contributed by atoms with Crippen LogP contribution in [0.15, 0.2) is 36.4 Å². The summed E-state index contributed by atoms with van der Waals surface area (Å²) in [5.74, 6) is -0.615. The highest BCUT2D eigenvalue weighted by molar-refractivity contribution is 5.97. The van der Waals surface area contributed by atoms with Crippen LogP contribution in [0.25, 0.3) is 10.8 Å². The van der Waals surface area contributed by atoms with Crippen molar-refractivity contribution in [3.63, 3.8) is 0 Å². The largest absolute Gasteiger partial charge is 0.488 e. The number of fused-ring (bicyclic) bond motifs is 1. The Labute approximate surface area is 124 Å². The van der Waals surface area contributed by atoms with Crippen molar-refractivity contribution >= 4 is 29.1 Å². The van der Waals surface area contributed by atoms with Gasteiger partial charge in [0, 0.05) is 6.54 Å². The molecule has 2 aromatic carbocycles. The average Bonchev–Trinajstić information content (AvgIpc) is 2.43. The molecule has 4 nitrogen and oxygen atoms in total. The molecule has 0 fully saturated rings. The Morgan fingerprint density at radius 1 is 1.30 bits per heavy atom. The number of carboxylic acids is 1. The highest BCUT2D eigenvalue weighted by Gasteiger charge is 2.15. The molecule has 0 saturated carbocycles. The molecule has 0 spiro atoms. The maximum atomic E-state index is 11.3. The molecule has 0 bridgehead atoms. The van der Waals surface area contributed by atoms with E-state index in [9.17, 15) is 9.90 Å². The van der Waals surface area contributed by atoms with E-state index >= 15 is 0 Å². The molecule has 0 amide bonds. The molecular weight excluding hydrogens is 278 g/mol. The maximum Gasteiger partial charge on any atom is 0.339 e. The first kappa shape index (κ1) is 16.3. The number of aromatic carboxylic acids is 1. The van der Waals surface area contributed by atoms with Crippen LogP contribution in [0.3, 0.4) is 0 Å². The lowest BCUT2D eigenvalue weighted by atomic mass is 10.1. The number of benzene rings is 2. The van der Waals surface area contributed by atoms with Crippen LogP contribution in [0, 0.1) is 0 Å². The third-order valence-electron chi connectivity index (χ3n) is 3.09. The van der Waals surface area contributed by atoms with Crippen molar-refractivity contribution in [3.05, 3.63) is 42.0 Å². The van der Waals surface area contributed by atoms with Crippen LogP contribution in [-0.4, -0.2) is 23.7 Å². The van der Waals surface area contributed by atoms with Gasteiger partial charge in [0.2, 0.25) is 0 Å². The number of halogens is 1. The van der Waals surface area contributed by atoms with E-state index in [1.165, 1.54) is 0 Å². The maximum absolute atomic E-state index is 11.3. The van der Waals surface area contributed by atoms with E-state index in [-0.39, 0.29) is 24.1 Å². The van der Waals surface area contributed by atoms with Gasteiger partial charge < -0.3 is 15.6 Å². The highest BCUT2D eigenvalue weighted by atomic mass is 35.5. The number of rotatable bonds is 5. The van der Waals surface area contributed by atoms with E-state index < -0.39 is 5.97 Å². The van der Waals surface area contributed by atoms with Gasteiger partial charge in [0.1, 0.15) is 17.4 Å². The summed E-state index contributed by atoms with van der Waals surface area (Å²) in [5, 5.41) is 11.1. The Kier molecular flexibility index (Phi) is 5.80. The molecule has 5 heteroatoms. The summed E-state index contributed by atoms with van der Waals surface area (Å²) in [6.45, 7) is 2.32. The lowest BCUT2D eigenvalue weighted by molar-refractivity contribution is 0.0689. The van der Waals surface area contributed by atoms with Crippen LogP contribution in [0.2, 0.25) is 0 Å². The Hall–Kier alpha value is -1.78. The van der Waals surface area contributed by atoms with Gasteiger partial charge in [-0.15, -0.1) is 12.4 Å². The third-order valence-corrected chi connectivity index (χ3v) is 3.09. The number of carboxylic acid groups (broad SMARTS) is 1. The fraction of sp³-hybridized carbons (Fsp3) is 0.267. The number of hydrogen-bond acceptors (Lipinski definition) is 3. The van der Waals surface area contributed by atoms with E-state index in [1.54, 1.807) is 12.1 Å². The summed E-state index contributed by atoms with van der Waals surface area (Å²) < 4.78 is 5.71. The van der Waals surface area contributed by atoms with Gasteiger partial charge in [-0.3, -0.25) is 0 Å². The molecule has 0 aliphatic carbocycles. The quantitative estimate of drug-likeness (QED) is 0.889. The smallest absolute Gasteiger partial charge is 0.339 e. The van der Waals surface area contributed by atoms with Crippen molar-refractivity contribution in [2.24, 2.45) is 5.73 Å². The lowest BCUT2D eigenvalue weighted by Crippen LogP contribution is -2.26. The minimum Gasteiger partial charge on any atom is -0.488 e. The topological polar surface area (TPSA) is 72.5 Å². The lowest BCUT2D eigenvalue weighted by Gasteiger charge is -2.17. The zero-order chi connectivity index (χ0) is 13.8. The first-order chi connectivity index (χ1) is 9.15. The number of nitrogens with two attached hydrogens (primary N) is 1. The van der Waals surface area contributed by atoms with Gasteiger partial charge in [0.15, 0.2) is 0 Å². The van der Waals surface area contributed by atoms with Gasteiger partial charge in [-0.1, -0.05) is 31.2 Å². The summed E-state index contributed by atoms with van der Waals surface area (Å²) in [6.07, 6.45) is 0.571. The van der Waals surface area contributed by atoms with Crippen LogP contribution < -0.4 is 10.5 Å². The molecule has 2 rings (SSSR count). The zero-order valence-electron chi connectivity index (χ0n) is 11.2. The van der Waals surface area contributed by atoms with Crippen molar-refractivity contribution < 1.29 is 14.6 Å². The number of carbonyl (C=O) groups is 1. The Morgan fingerprint density at radius 2 is 1.90 bits per heavy atom. The number of ether oxygens (including phenoxy) is 1. The summed E-state index contributed by atoms with van der Waals surface area (Å²) in [4.78, 5) is 11.3. The van der Waals surface area contributed by atoms with Crippen molar-refractivity contribution in [2.75, 3.05) is 6.54 Å². The molecule has 0 radical (unpaired) electrons. The predicted octanol–water partition coefficient (Wildman–Crippen LogP) is 3.08. The minimum absolute atomic E-state index is 0. The molecule has 3 N–H and O–H groups in total. The summed E-state index contributed by atoms with van der Waals surface area (Å²) in [6, 6.07) is 11.0. The predicted molar refractivity (Wildman–Crippen MR) is 81.9 cm³/mol. The molecule has 0 aliphatic heterocycles. The second-order valence-corrected chi connectivity index (χ2v) is 4.38. The van der Waals surface area contributed by atoms with Gasteiger partial charge in [-0.25, -0.2) is 4.79 Å². The fourth-order valence-corrected chi connectivity index (χ4v) is 1.96. The Bertz CT molecular complexity index is 597. The molecule has 0 aromatic heterocycles. The first-order valence-corrected chi connectivity index (χ1v) is 6.28. The number of hydrogen-bond donors (Lipinski definition) is 2. The molecule has 108 valence electrons. The van der Waals surface area contributed by atoms with E-state index in [4.69, 9.17) is 10.5 Å². The SMILES string of the molecule is CC[C@H](CN)Oc1cc2ccccc2cc1C(=O)O.Cl. The summed E-state index contributed by atoms with van der Waals surface area (Å²) in [5.41, 5.74) is 5.77. The van der Waals surface area contributed by atoms with Crippen molar-refractivity contribution in [2.45, 2.75) is 19.4 Å². The summed E-state index contributed by atoms with van der Waals surface area (Å²) in [7, 11) is 0. The average molecular weight is 296 g/mol. The summed E-state index contributed by atoms with van der Waals surface area (Å²) >= 11 is 0. The third kappa shape index (κ3) is 3.40. The van der Waals surface area contributed by atoms with Gasteiger partial charge in [-0.05, 0) is 29.3 Å². The van der Waals surface area contributed by atoms with Crippen LogP contribution in [0.4, 0.5) is 0 Å². The van der Waals surface area contributed by atoms with E-state index in [1.807, 2.05) is 31.2 Å². The van der Waals surface area contributed by atoms with Gasteiger partial charge in [0.25, 0.3) is 0 Å². The van der Waals surface area contributed by atoms with Crippen molar-refractivity contribution in [1.29, 1.82) is 0 Å². The van der Waals surface area contributed by atoms with Crippen molar-refractivity contribution in [3.8, 4) is 5.75 Å². The van der Waals surface area contributed by atoms with Gasteiger partial charge in [-0.2, -0.15) is 0 Å². The normalized spacial score (nSPS) is 11.7. The standard InChI is InChI=1S/C15H17NO3.ClH/c1-2-12(9-16)19-14-8-11-6-4-3-5-10(11)7-13(14)15(17)18;/h3-8,12H,2,9,16H2,1H3,(H,17,18);1H/t12-;/m1./s1. The van der Waals surface area contributed by atoms with E-state index in [2.05, 4.69) is 0 Å². The second-order valence-electron chi connectivity index (χ2n) is 4.38. The van der Waals surface area contributed by atoms with Crippen molar-refractivity contribution in [1.82, 2.24) is 0 Å². The minimum atomic E-state index is -0.993. The molecule has 0 saturated heterocycles. The molecular formula is C15H18ClNO3. The molecule has 0 aliphatic rings.